The number of rotatable bonds is 3. The first-order valence-corrected chi connectivity index (χ1v) is 6.37. The van der Waals surface area contributed by atoms with Crippen molar-refractivity contribution in [2.24, 2.45) is 0 Å². The highest BCUT2D eigenvalue weighted by molar-refractivity contribution is 6.28. The first-order chi connectivity index (χ1) is 8.54. The molecule has 0 amide bonds. The predicted molar refractivity (Wildman–Crippen MR) is 68.2 cm³/mol. The average Bonchev–Trinajstić information content (AvgIpc) is 2.27. The van der Waals surface area contributed by atoms with Gasteiger partial charge in [0, 0.05) is 13.1 Å². The van der Waals surface area contributed by atoms with Crippen molar-refractivity contribution >= 4 is 17.5 Å². The van der Waals surface area contributed by atoms with Crippen LogP contribution in [-0.4, -0.2) is 46.9 Å². The van der Waals surface area contributed by atoms with Crippen LogP contribution < -0.4 is 9.64 Å². The Hall–Kier alpha value is -1.14. The van der Waals surface area contributed by atoms with E-state index in [0.717, 1.165) is 13.1 Å². The van der Waals surface area contributed by atoms with Gasteiger partial charge in [-0.05, 0) is 32.4 Å². The van der Waals surface area contributed by atoms with Gasteiger partial charge in [0.1, 0.15) is 0 Å². The van der Waals surface area contributed by atoms with E-state index in [-0.39, 0.29) is 23.5 Å². The van der Waals surface area contributed by atoms with Crippen molar-refractivity contribution in [3.63, 3.8) is 0 Å². The molecule has 7 heteroatoms. The molecule has 1 aliphatic heterocycles. The molecule has 1 atom stereocenters. The lowest BCUT2D eigenvalue weighted by atomic mass is 10.3. The van der Waals surface area contributed by atoms with Gasteiger partial charge in [-0.15, -0.1) is 0 Å². The lowest BCUT2D eigenvalue weighted by Crippen LogP contribution is -2.42. The summed E-state index contributed by atoms with van der Waals surface area (Å²) >= 11 is 5.89. The fourth-order valence-corrected chi connectivity index (χ4v) is 1.87. The Balaban J connectivity index is 2.18. The monoisotopic (exact) mass is 272 g/mol. The van der Waals surface area contributed by atoms with Crippen LogP contribution in [-0.2, 0) is 4.74 Å². The normalized spacial score (nSPS) is 20.3. The number of hydrogen-bond acceptors (Lipinski definition) is 6. The van der Waals surface area contributed by atoms with Crippen LogP contribution in [0.4, 0.5) is 5.95 Å². The van der Waals surface area contributed by atoms with Gasteiger partial charge < -0.3 is 14.4 Å². The summed E-state index contributed by atoms with van der Waals surface area (Å²) in [4.78, 5) is 14.4. The van der Waals surface area contributed by atoms with Gasteiger partial charge in [-0.2, -0.15) is 15.0 Å². The third-order valence-electron chi connectivity index (χ3n) is 2.44. The summed E-state index contributed by atoms with van der Waals surface area (Å²) in [7, 11) is 0. The van der Waals surface area contributed by atoms with Crippen LogP contribution in [0.25, 0.3) is 0 Å². The lowest BCUT2D eigenvalue weighted by Gasteiger charge is -2.31. The molecule has 0 bridgehead atoms. The Morgan fingerprint density at radius 2 is 2.17 bits per heavy atom. The Bertz CT molecular complexity index is 416. The van der Waals surface area contributed by atoms with Crippen molar-refractivity contribution in [2.75, 3.05) is 24.6 Å². The molecule has 0 spiro atoms. The van der Waals surface area contributed by atoms with Gasteiger partial charge in [-0.3, -0.25) is 0 Å². The third kappa shape index (κ3) is 3.43. The molecular weight excluding hydrogens is 256 g/mol. The SMILES string of the molecule is CC(C)Oc1nc(Cl)nc(N2CCOC(C)C2)n1. The minimum Gasteiger partial charge on any atom is -0.461 e. The van der Waals surface area contributed by atoms with Gasteiger partial charge in [0.25, 0.3) is 0 Å². The molecule has 0 N–H and O–H groups in total. The van der Waals surface area contributed by atoms with Gasteiger partial charge in [0.05, 0.1) is 18.8 Å². The van der Waals surface area contributed by atoms with Gasteiger partial charge in [-0.25, -0.2) is 0 Å². The van der Waals surface area contributed by atoms with Crippen molar-refractivity contribution < 1.29 is 9.47 Å². The van der Waals surface area contributed by atoms with E-state index in [1.54, 1.807) is 0 Å². The smallest absolute Gasteiger partial charge is 0.322 e. The molecule has 1 fully saturated rings. The summed E-state index contributed by atoms with van der Waals surface area (Å²) in [6.07, 6.45) is 0.156. The topological polar surface area (TPSA) is 60.4 Å². The van der Waals surface area contributed by atoms with Crippen molar-refractivity contribution in [3.05, 3.63) is 5.28 Å². The third-order valence-corrected chi connectivity index (χ3v) is 2.61. The second kappa shape index (κ2) is 5.67. The first kappa shape index (κ1) is 13.3. The summed E-state index contributed by atoms with van der Waals surface area (Å²) < 4.78 is 10.9. The van der Waals surface area contributed by atoms with Crippen LogP contribution in [0.1, 0.15) is 20.8 Å². The maximum absolute atomic E-state index is 5.89. The molecule has 100 valence electrons. The molecule has 0 radical (unpaired) electrons. The van der Waals surface area contributed by atoms with E-state index in [9.17, 15) is 0 Å². The highest BCUT2D eigenvalue weighted by Crippen LogP contribution is 2.18. The molecule has 0 aromatic carbocycles. The molecule has 1 aliphatic rings. The van der Waals surface area contributed by atoms with Crippen LogP contribution in [0, 0.1) is 0 Å². The van der Waals surface area contributed by atoms with Crippen molar-refractivity contribution in [3.8, 4) is 6.01 Å². The Morgan fingerprint density at radius 1 is 1.39 bits per heavy atom. The minimum absolute atomic E-state index is 0.0000653. The maximum atomic E-state index is 5.89. The van der Waals surface area contributed by atoms with Crippen LogP contribution in [0.5, 0.6) is 6.01 Å². The highest BCUT2D eigenvalue weighted by atomic mass is 35.5. The zero-order chi connectivity index (χ0) is 13.1. The number of hydrogen-bond donors (Lipinski definition) is 0. The van der Waals surface area contributed by atoms with E-state index < -0.39 is 0 Å². The highest BCUT2D eigenvalue weighted by Gasteiger charge is 2.20. The van der Waals surface area contributed by atoms with E-state index in [2.05, 4.69) is 15.0 Å². The molecule has 0 saturated carbocycles. The molecule has 1 unspecified atom stereocenters. The van der Waals surface area contributed by atoms with E-state index in [1.807, 2.05) is 25.7 Å². The fourth-order valence-electron chi connectivity index (χ4n) is 1.73. The fraction of sp³-hybridized carbons (Fsp3) is 0.727. The maximum Gasteiger partial charge on any atom is 0.322 e. The van der Waals surface area contributed by atoms with Crippen molar-refractivity contribution in [1.82, 2.24) is 15.0 Å². The Labute approximate surface area is 111 Å². The molecule has 18 heavy (non-hydrogen) atoms. The first-order valence-electron chi connectivity index (χ1n) is 5.99. The molecule has 0 aliphatic carbocycles. The van der Waals surface area contributed by atoms with Crippen molar-refractivity contribution in [2.45, 2.75) is 33.0 Å². The lowest BCUT2D eigenvalue weighted by molar-refractivity contribution is 0.0525. The molecule has 1 aromatic rings. The number of nitrogens with zero attached hydrogens (tertiary/aromatic N) is 4. The summed E-state index contributed by atoms with van der Waals surface area (Å²) in [5.74, 6) is 0.542. The molecular formula is C11H17ClN4O2. The number of anilines is 1. The second-order valence-electron chi connectivity index (χ2n) is 4.48. The minimum atomic E-state index is -0.0000653. The van der Waals surface area contributed by atoms with Crippen LogP contribution in [0.15, 0.2) is 0 Å². The number of halogens is 1. The molecule has 1 saturated heterocycles. The van der Waals surface area contributed by atoms with Gasteiger partial charge >= 0.3 is 6.01 Å². The number of aromatic nitrogens is 3. The van der Waals surface area contributed by atoms with Gasteiger partial charge in [-0.1, -0.05) is 0 Å². The zero-order valence-corrected chi connectivity index (χ0v) is 11.5. The standard InChI is InChI=1S/C11H17ClN4O2/c1-7(2)18-11-14-9(12)13-10(15-11)16-4-5-17-8(3)6-16/h7-8H,4-6H2,1-3H3. The van der Waals surface area contributed by atoms with Crippen LogP contribution in [0.3, 0.4) is 0 Å². The van der Waals surface area contributed by atoms with E-state index >= 15 is 0 Å². The summed E-state index contributed by atoms with van der Waals surface area (Å²) in [6.45, 7) is 7.97. The van der Waals surface area contributed by atoms with Crippen molar-refractivity contribution in [1.29, 1.82) is 0 Å². The van der Waals surface area contributed by atoms with Crippen LogP contribution in [0.2, 0.25) is 5.28 Å². The van der Waals surface area contributed by atoms with Gasteiger partial charge in [0.15, 0.2) is 0 Å². The summed E-state index contributed by atoms with van der Waals surface area (Å²) in [5.41, 5.74) is 0. The Kier molecular flexibility index (Phi) is 4.19. The summed E-state index contributed by atoms with van der Waals surface area (Å²) in [5, 5.41) is 0.148. The largest absolute Gasteiger partial charge is 0.461 e. The quantitative estimate of drug-likeness (QED) is 0.832. The second-order valence-corrected chi connectivity index (χ2v) is 4.82. The van der Waals surface area contributed by atoms with E-state index in [1.165, 1.54) is 0 Å². The molecule has 2 rings (SSSR count). The number of ether oxygens (including phenoxy) is 2. The predicted octanol–water partition coefficient (Wildman–Crippen LogP) is 1.54. The van der Waals surface area contributed by atoms with E-state index in [4.69, 9.17) is 21.1 Å². The molecule has 2 heterocycles. The summed E-state index contributed by atoms with van der Waals surface area (Å²) in [6, 6.07) is 0.263. The van der Waals surface area contributed by atoms with E-state index in [0.29, 0.717) is 12.6 Å². The molecule has 1 aromatic heterocycles. The number of morpholine rings is 1. The zero-order valence-electron chi connectivity index (χ0n) is 10.8. The van der Waals surface area contributed by atoms with Crippen LogP contribution >= 0.6 is 11.6 Å². The van der Waals surface area contributed by atoms with Gasteiger partial charge in [0.2, 0.25) is 11.2 Å². The molecule has 6 nitrogen and oxygen atoms in total. The average molecular weight is 273 g/mol. The Morgan fingerprint density at radius 3 is 2.83 bits per heavy atom.